The number of Topliss-reactive ketones (excluding diaryl/α,β-unsaturated/α-hetero) is 2. The van der Waals surface area contributed by atoms with Gasteiger partial charge in [-0.25, -0.2) is 0 Å². The molecule has 0 radical (unpaired) electrons. The maximum atomic E-state index is 11.6. The second kappa shape index (κ2) is 14.0. The van der Waals surface area contributed by atoms with Gasteiger partial charge in [-0.05, 0) is 26.2 Å². The summed E-state index contributed by atoms with van der Waals surface area (Å²) in [4.78, 5) is 44.9. The monoisotopic (exact) mass is 472 g/mol. The van der Waals surface area contributed by atoms with Crippen LogP contribution in [0.25, 0.3) is 0 Å². The van der Waals surface area contributed by atoms with Crippen molar-refractivity contribution in [3.05, 3.63) is 0 Å². The van der Waals surface area contributed by atoms with E-state index in [0.29, 0.717) is 0 Å². The van der Waals surface area contributed by atoms with Crippen LogP contribution in [0.15, 0.2) is 0 Å². The highest BCUT2D eigenvalue weighted by molar-refractivity contribution is 6.18. The molecule has 0 aliphatic rings. The predicted octanol–water partition coefficient (Wildman–Crippen LogP) is 2.57. The van der Waals surface area contributed by atoms with Crippen molar-refractivity contribution < 1.29 is 39.2 Å². The van der Waals surface area contributed by atoms with Crippen LogP contribution in [0.1, 0.15) is 60.8 Å². The topological polar surface area (TPSA) is 138 Å². The summed E-state index contributed by atoms with van der Waals surface area (Å²) in [6, 6.07) is 0. The summed E-state index contributed by atoms with van der Waals surface area (Å²) in [6.07, 6.45) is -2.49. The Balaban J connectivity index is 0. The number of carbonyl (C=O) groups excluding carboxylic acids is 3. The van der Waals surface area contributed by atoms with E-state index >= 15 is 0 Å². The molecule has 0 aromatic carbocycles. The van der Waals surface area contributed by atoms with Crippen LogP contribution < -0.4 is 0 Å². The SMILES string of the molecule is CC(C)(C)OC(=O)CC(=O)CC(O)CCl.CC(C)(C)[C@H](C(=O)O)C(=O)CC(O)CCl. The van der Waals surface area contributed by atoms with Gasteiger partial charge in [0.1, 0.15) is 29.5 Å². The maximum absolute atomic E-state index is 11.6. The smallest absolute Gasteiger partial charge is 0.314 e. The molecule has 0 heterocycles. The van der Waals surface area contributed by atoms with E-state index in [2.05, 4.69) is 0 Å². The third kappa shape index (κ3) is 15.6. The fraction of sp³-hybridized carbons (Fsp3) is 0.800. The molecule has 176 valence electrons. The molecule has 0 aromatic heterocycles. The number of hydrogen-bond acceptors (Lipinski definition) is 7. The van der Waals surface area contributed by atoms with Crippen molar-refractivity contribution in [1.82, 2.24) is 0 Å². The number of ketones is 2. The van der Waals surface area contributed by atoms with E-state index in [4.69, 9.17) is 38.2 Å². The Morgan fingerprint density at radius 3 is 1.63 bits per heavy atom. The number of rotatable bonds is 10. The predicted molar refractivity (Wildman–Crippen MR) is 114 cm³/mol. The maximum Gasteiger partial charge on any atom is 0.314 e. The minimum absolute atomic E-state index is 0.0138. The Kier molecular flexibility index (Phi) is 14.4. The van der Waals surface area contributed by atoms with E-state index in [0.717, 1.165) is 0 Å². The van der Waals surface area contributed by atoms with Gasteiger partial charge in [-0.3, -0.25) is 19.2 Å². The van der Waals surface area contributed by atoms with Crippen molar-refractivity contribution in [3.8, 4) is 0 Å². The Morgan fingerprint density at radius 2 is 1.30 bits per heavy atom. The number of aliphatic hydroxyl groups is 2. The number of carbonyl (C=O) groups is 4. The number of carboxylic acid groups (broad SMARTS) is 1. The van der Waals surface area contributed by atoms with Crippen molar-refractivity contribution in [2.75, 3.05) is 11.8 Å². The van der Waals surface area contributed by atoms with E-state index in [1.54, 1.807) is 41.5 Å². The highest BCUT2D eigenvalue weighted by atomic mass is 35.5. The molecule has 0 amide bonds. The van der Waals surface area contributed by atoms with Crippen LogP contribution in [-0.2, 0) is 23.9 Å². The van der Waals surface area contributed by atoms with Gasteiger partial charge in [-0.15, -0.1) is 23.2 Å². The van der Waals surface area contributed by atoms with E-state index in [-0.39, 0.29) is 36.8 Å². The van der Waals surface area contributed by atoms with Crippen LogP contribution >= 0.6 is 23.2 Å². The molecule has 3 atom stereocenters. The van der Waals surface area contributed by atoms with Gasteiger partial charge in [0.05, 0.1) is 12.2 Å². The number of halogens is 2. The normalized spacial score (nSPS) is 14.6. The van der Waals surface area contributed by atoms with Crippen LogP contribution in [0.2, 0.25) is 0 Å². The molecule has 3 N–H and O–H groups in total. The van der Waals surface area contributed by atoms with Gasteiger partial charge in [-0.1, -0.05) is 20.8 Å². The van der Waals surface area contributed by atoms with Gasteiger partial charge in [0.2, 0.25) is 0 Å². The molecule has 0 spiro atoms. The summed E-state index contributed by atoms with van der Waals surface area (Å²) in [5.74, 6) is -3.76. The zero-order chi connectivity index (χ0) is 24.3. The summed E-state index contributed by atoms with van der Waals surface area (Å²) in [7, 11) is 0. The van der Waals surface area contributed by atoms with E-state index in [9.17, 15) is 24.3 Å². The van der Waals surface area contributed by atoms with Crippen molar-refractivity contribution in [1.29, 1.82) is 0 Å². The number of alkyl halides is 2. The van der Waals surface area contributed by atoms with E-state index < -0.39 is 46.9 Å². The second-order valence-electron chi connectivity index (χ2n) is 8.93. The van der Waals surface area contributed by atoms with Gasteiger partial charge in [0.25, 0.3) is 0 Å². The van der Waals surface area contributed by atoms with Gasteiger partial charge in [0, 0.05) is 24.6 Å². The number of ether oxygens (including phenoxy) is 1. The Labute approximate surface area is 187 Å². The van der Waals surface area contributed by atoms with Gasteiger partial charge >= 0.3 is 11.9 Å². The molecule has 0 bridgehead atoms. The average molecular weight is 473 g/mol. The highest BCUT2D eigenvalue weighted by Gasteiger charge is 2.37. The van der Waals surface area contributed by atoms with Crippen molar-refractivity contribution >= 4 is 46.7 Å². The first-order valence-electron chi connectivity index (χ1n) is 9.41. The summed E-state index contributed by atoms with van der Waals surface area (Å²) in [5, 5.41) is 27.2. The van der Waals surface area contributed by atoms with Gasteiger partial charge in [0.15, 0.2) is 0 Å². The average Bonchev–Trinajstić information content (AvgIpc) is 2.50. The fourth-order valence-electron chi connectivity index (χ4n) is 2.32. The number of aliphatic hydroxyl groups excluding tert-OH is 2. The molecule has 10 heteroatoms. The molecule has 8 nitrogen and oxygen atoms in total. The Morgan fingerprint density at radius 1 is 0.867 bits per heavy atom. The number of esters is 1. The van der Waals surface area contributed by atoms with Crippen LogP contribution in [-0.4, -0.2) is 68.4 Å². The zero-order valence-corrected chi connectivity index (χ0v) is 19.9. The molecule has 0 saturated carbocycles. The summed E-state index contributed by atoms with van der Waals surface area (Å²) >= 11 is 10.7. The highest BCUT2D eigenvalue weighted by Crippen LogP contribution is 2.28. The van der Waals surface area contributed by atoms with Crippen LogP contribution in [0.4, 0.5) is 0 Å². The molecular formula is C20H34Cl2O8. The fourth-order valence-corrected chi connectivity index (χ4v) is 2.54. The molecule has 30 heavy (non-hydrogen) atoms. The summed E-state index contributed by atoms with van der Waals surface area (Å²) in [6.45, 7) is 10.2. The quantitative estimate of drug-likeness (QED) is 0.250. The third-order valence-electron chi connectivity index (χ3n) is 3.45. The lowest BCUT2D eigenvalue weighted by atomic mass is 9.77. The van der Waals surface area contributed by atoms with Crippen molar-refractivity contribution in [3.63, 3.8) is 0 Å². The molecule has 0 saturated heterocycles. The van der Waals surface area contributed by atoms with E-state index in [1.807, 2.05) is 0 Å². The Hall–Kier alpha value is -1.22. The summed E-state index contributed by atoms with van der Waals surface area (Å²) < 4.78 is 4.95. The minimum Gasteiger partial charge on any atom is -0.481 e. The molecule has 0 rings (SSSR count). The molecule has 0 fully saturated rings. The number of carboxylic acids is 1. The molecule has 2 unspecified atom stereocenters. The standard InChI is InChI=1S/2C10H17ClO4/c1-10(2,3)15-9(14)5-7(12)4-8(13)6-11;1-10(2,3)8(9(14)15)7(13)4-6(12)5-11/h8,13H,4-6H2,1-3H3;6,8,12H,4-5H2,1-3H3,(H,14,15)/t;6?,8-/m.0/s1. The first-order chi connectivity index (χ1) is 13.4. The molecule has 0 aromatic rings. The lowest BCUT2D eigenvalue weighted by molar-refractivity contribution is -0.156. The zero-order valence-electron chi connectivity index (χ0n) is 18.4. The van der Waals surface area contributed by atoms with E-state index in [1.165, 1.54) is 0 Å². The first kappa shape index (κ1) is 31.0. The molecule has 0 aliphatic heterocycles. The van der Waals surface area contributed by atoms with Crippen LogP contribution in [0, 0.1) is 11.3 Å². The summed E-state index contributed by atoms with van der Waals surface area (Å²) in [5.41, 5.74) is -1.25. The van der Waals surface area contributed by atoms with Crippen molar-refractivity contribution in [2.45, 2.75) is 78.6 Å². The number of hydrogen-bond donors (Lipinski definition) is 3. The van der Waals surface area contributed by atoms with Gasteiger partial charge < -0.3 is 20.1 Å². The second-order valence-corrected chi connectivity index (χ2v) is 9.55. The number of aliphatic carboxylic acids is 1. The van der Waals surface area contributed by atoms with Gasteiger partial charge in [-0.2, -0.15) is 0 Å². The lowest BCUT2D eigenvalue weighted by Gasteiger charge is -2.26. The Bertz CT molecular complexity index is 576. The van der Waals surface area contributed by atoms with Crippen LogP contribution in [0.3, 0.4) is 0 Å². The molecular weight excluding hydrogens is 439 g/mol. The lowest BCUT2D eigenvalue weighted by Crippen LogP contribution is -2.37. The molecule has 0 aliphatic carbocycles. The van der Waals surface area contributed by atoms with Crippen molar-refractivity contribution in [2.24, 2.45) is 11.3 Å². The largest absolute Gasteiger partial charge is 0.481 e. The third-order valence-corrected chi connectivity index (χ3v) is 4.17. The minimum atomic E-state index is -1.16. The van der Waals surface area contributed by atoms with Crippen LogP contribution in [0.5, 0.6) is 0 Å². The first-order valence-corrected chi connectivity index (χ1v) is 10.5.